The van der Waals surface area contributed by atoms with E-state index >= 15 is 0 Å². The van der Waals surface area contributed by atoms with E-state index in [0.29, 0.717) is 5.56 Å². The molecule has 2 aromatic heterocycles. The SMILES string of the molecule is Cn1c(=O)c2[nH]c(-c3ccc([N+](=O)[O-])c(O)c3)nc2n(C)c1=O. The highest BCUT2D eigenvalue weighted by atomic mass is 16.6. The number of nitro benzene ring substituents is 1. The number of benzene rings is 1. The molecule has 0 unspecified atom stereocenters. The molecule has 3 rings (SSSR count). The summed E-state index contributed by atoms with van der Waals surface area (Å²) >= 11 is 0. The fraction of sp³-hybridized carbons (Fsp3) is 0.154. The summed E-state index contributed by atoms with van der Waals surface area (Å²) in [5.41, 5.74) is -0.861. The highest BCUT2D eigenvalue weighted by Gasteiger charge is 2.17. The zero-order chi connectivity index (χ0) is 16.9. The molecule has 10 heteroatoms. The number of rotatable bonds is 2. The van der Waals surface area contributed by atoms with Gasteiger partial charge in [0.05, 0.1) is 4.92 Å². The third-order valence-electron chi connectivity index (χ3n) is 3.54. The van der Waals surface area contributed by atoms with Gasteiger partial charge in [0.25, 0.3) is 5.56 Å². The number of phenolic OH excluding ortho intramolecular Hbond substituents is 1. The Balaban J connectivity index is 2.27. The number of aryl methyl sites for hydroxylation is 1. The second-order valence-corrected chi connectivity index (χ2v) is 4.95. The Hall–Kier alpha value is -3.43. The molecular weight excluding hydrogens is 306 g/mol. The molecule has 0 aliphatic carbocycles. The molecule has 0 saturated heterocycles. The van der Waals surface area contributed by atoms with Crippen molar-refractivity contribution in [3.63, 3.8) is 0 Å². The van der Waals surface area contributed by atoms with E-state index in [2.05, 4.69) is 9.97 Å². The molecule has 0 bridgehead atoms. The lowest BCUT2D eigenvalue weighted by atomic mass is 10.2. The monoisotopic (exact) mass is 317 g/mol. The maximum Gasteiger partial charge on any atom is 0.332 e. The number of H-pyrrole nitrogens is 1. The van der Waals surface area contributed by atoms with E-state index < -0.39 is 27.6 Å². The van der Waals surface area contributed by atoms with E-state index in [-0.39, 0.29) is 17.0 Å². The van der Waals surface area contributed by atoms with Crippen LogP contribution in [0.2, 0.25) is 0 Å². The molecule has 10 nitrogen and oxygen atoms in total. The van der Waals surface area contributed by atoms with Crippen molar-refractivity contribution in [3.05, 3.63) is 49.2 Å². The van der Waals surface area contributed by atoms with Crippen molar-refractivity contribution in [3.8, 4) is 17.1 Å². The van der Waals surface area contributed by atoms with Crippen LogP contribution in [-0.4, -0.2) is 29.1 Å². The highest BCUT2D eigenvalue weighted by Crippen LogP contribution is 2.30. The van der Waals surface area contributed by atoms with E-state index in [4.69, 9.17) is 0 Å². The Morgan fingerprint density at radius 3 is 2.57 bits per heavy atom. The minimum absolute atomic E-state index is 0.127. The van der Waals surface area contributed by atoms with E-state index in [1.807, 2.05) is 0 Å². The van der Waals surface area contributed by atoms with Crippen LogP contribution in [0, 0.1) is 10.1 Å². The van der Waals surface area contributed by atoms with E-state index in [1.165, 1.54) is 30.8 Å². The summed E-state index contributed by atoms with van der Waals surface area (Å²) in [4.78, 5) is 40.9. The molecule has 0 amide bonds. The lowest BCUT2D eigenvalue weighted by Gasteiger charge is -2.00. The van der Waals surface area contributed by atoms with Crippen LogP contribution >= 0.6 is 0 Å². The predicted molar refractivity (Wildman–Crippen MR) is 80.3 cm³/mol. The highest BCUT2D eigenvalue weighted by molar-refractivity contribution is 5.76. The summed E-state index contributed by atoms with van der Waals surface area (Å²) in [6.07, 6.45) is 0. The van der Waals surface area contributed by atoms with Crippen molar-refractivity contribution in [1.82, 2.24) is 19.1 Å². The zero-order valence-electron chi connectivity index (χ0n) is 12.1. The fourth-order valence-corrected chi connectivity index (χ4v) is 2.29. The van der Waals surface area contributed by atoms with Crippen molar-refractivity contribution in [1.29, 1.82) is 0 Å². The first kappa shape index (κ1) is 14.5. The summed E-state index contributed by atoms with van der Waals surface area (Å²) in [7, 11) is 2.82. The first-order valence-electron chi connectivity index (χ1n) is 6.44. The smallest absolute Gasteiger partial charge is 0.332 e. The number of nitrogens with one attached hydrogen (secondary N) is 1. The lowest BCUT2D eigenvalue weighted by Crippen LogP contribution is -2.36. The molecule has 0 atom stereocenters. The molecule has 0 spiro atoms. The van der Waals surface area contributed by atoms with E-state index in [1.54, 1.807) is 0 Å². The zero-order valence-corrected chi connectivity index (χ0v) is 12.1. The molecule has 1 aromatic carbocycles. The second kappa shape index (κ2) is 4.80. The molecule has 23 heavy (non-hydrogen) atoms. The van der Waals surface area contributed by atoms with Crippen LogP contribution in [0.15, 0.2) is 27.8 Å². The van der Waals surface area contributed by atoms with Crippen LogP contribution in [0.1, 0.15) is 0 Å². The quantitative estimate of drug-likeness (QED) is 0.513. The molecule has 0 aliphatic heterocycles. The fourth-order valence-electron chi connectivity index (χ4n) is 2.29. The molecule has 3 aromatic rings. The largest absolute Gasteiger partial charge is 0.502 e. The Morgan fingerprint density at radius 1 is 1.26 bits per heavy atom. The minimum atomic E-state index is -0.711. The number of nitro groups is 1. The summed E-state index contributed by atoms with van der Waals surface area (Å²) in [6, 6.07) is 3.69. The van der Waals surface area contributed by atoms with Crippen LogP contribution in [0.4, 0.5) is 5.69 Å². The van der Waals surface area contributed by atoms with Crippen LogP contribution in [0.25, 0.3) is 22.6 Å². The van der Waals surface area contributed by atoms with Crippen molar-refractivity contribution in [2.24, 2.45) is 14.1 Å². The molecule has 0 radical (unpaired) electrons. The van der Waals surface area contributed by atoms with Gasteiger partial charge in [-0.2, -0.15) is 0 Å². The number of aromatic amines is 1. The number of imidazole rings is 1. The van der Waals surface area contributed by atoms with Crippen LogP contribution < -0.4 is 11.2 Å². The Bertz CT molecular complexity index is 1070. The van der Waals surface area contributed by atoms with Crippen molar-refractivity contribution < 1.29 is 10.0 Å². The van der Waals surface area contributed by atoms with Gasteiger partial charge in [-0.25, -0.2) is 9.78 Å². The average molecular weight is 317 g/mol. The number of nitrogens with zero attached hydrogens (tertiary/aromatic N) is 4. The van der Waals surface area contributed by atoms with E-state index in [9.17, 15) is 24.8 Å². The third kappa shape index (κ3) is 2.08. The van der Waals surface area contributed by atoms with Gasteiger partial charge in [0, 0.05) is 25.7 Å². The molecular formula is C13H11N5O5. The Kier molecular flexibility index (Phi) is 3.03. The minimum Gasteiger partial charge on any atom is -0.502 e. The lowest BCUT2D eigenvalue weighted by molar-refractivity contribution is -0.385. The Morgan fingerprint density at radius 2 is 1.96 bits per heavy atom. The van der Waals surface area contributed by atoms with Crippen molar-refractivity contribution >= 4 is 16.9 Å². The second-order valence-electron chi connectivity index (χ2n) is 4.95. The average Bonchev–Trinajstić information content (AvgIpc) is 2.96. The summed E-state index contributed by atoms with van der Waals surface area (Å²) in [6.45, 7) is 0. The molecule has 2 N–H and O–H groups in total. The maximum atomic E-state index is 12.1. The van der Waals surface area contributed by atoms with Gasteiger partial charge in [0.15, 0.2) is 11.4 Å². The summed E-state index contributed by atoms with van der Waals surface area (Å²) in [5, 5.41) is 20.4. The number of aromatic hydroxyl groups is 1. The maximum absolute atomic E-state index is 12.1. The van der Waals surface area contributed by atoms with Gasteiger partial charge in [-0.1, -0.05) is 0 Å². The predicted octanol–water partition coefficient (Wildman–Crippen LogP) is 0.241. The Labute approximate surface area is 127 Å². The number of hydrogen-bond donors (Lipinski definition) is 2. The molecule has 0 fully saturated rings. The van der Waals surface area contributed by atoms with Gasteiger partial charge < -0.3 is 10.1 Å². The number of hydrogen-bond acceptors (Lipinski definition) is 6. The van der Waals surface area contributed by atoms with Gasteiger partial charge in [-0.05, 0) is 12.1 Å². The molecule has 0 saturated carbocycles. The van der Waals surface area contributed by atoms with Gasteiger partial charge >= 0.3 is 11.4 Å². The first-order valence-corrected chi connectivity index (χ1v) is 6.44. The van der Waals surface area contributed by atoms with Crippen LogP contribution in [0.5, 0.6) is 5.75 Å². The topological polar surface area (TPSA) is 136 Å². The van der Waals surface area contributed by atoms with Crippen molar-refractivity contribution in [2.75, 3.05) is 0 Å². The summed E-state index contributed by atoms with van der Waals surface area (Å²) < 4.78 is 2.15. The normalized spacial score (nSPS) is 11.0. The standard InChI is InChI=1S/C13H11N5O5/c1-16-11-9(12(20)17(2)13(16)21)14-10(15-11)6-3-4-7(18(22)23)8(19)5-6/h3-5,19H,1-2H3,(H,14,15). The van der Waals surface area contributed by atoms with Gasteiger partial charge in [-0.15, -0.1) is 0 Å². The molecule has 0 aliphatic rings. The summed E-state index contributed by atoms with van der Waals surface area (Å²) in [5.74, 6) is -0.307. The van der Waals surface area contributed by atoms with Crippen LogP contribution in [0.3, 0.4) is 0 Å². The van der Waals surface area contributed by atoms with Gasteiger partial charge in [0.2, 0.25) is 0 Å². The van der Waals surface area contributed by atoms with Gasteiger partial charge in [-0.3, -0.25) is 24.0 Å². The number of aromatic nitrogens is 4. The van der Waals surface area contributed by atoms with Crippen molar-refractivity contribution in [2.45, 2.75) is 0 Å². The van der Waals surface area contributed by atoms with Gasteiger partial charge in [0.1, 0.15) is 11.3 Å². The van der Waals surface area contributed by atoms with Crippen LogP contribution in [-0.2, 0) is 14.1 Å². The molecule has 2 heterocycles. The number of fused-ring (bicyclic) bond motifs is 1. The van der Waals surface area contributed by atoms with E-state index in [0.717, 1.165) is 10.6 Å². The molecule has 118 valence electrons. The number of phenols is 1. The first-order chi connectivity index (χ1) is 10.8. The third-order valence-corrected chi connectivity index (χ3v) is 3.54.